The van der Waals surface area contributed by atoms with Crippen LogP contribution < -0.4 is 0 Å². The Hall–Kier alpha value is -2.06. The molecule has 134 valence electrons. The zero-order valence-corrected chi connectivity index (χ0v) is 13.9. The number of hydrogen-bond acceptors (Lipinski definition) is 3. The van der Waals surface area contributed by atoms with Gasteiger partial charge >= 0.3 is 12.1 Å². The molecule has 0 radical (unpaired) electrons. The number of carbonyl (C=O) groups excluding carboxylic acids is 1. The van der Waals surface area contributed by atoms with Crippen molar-refractivity contribution in [3.63, 3.8) is 0 Å². The highest BCUT2D eigenvalue weighted by molar-refractivity contribution is 5.96. The lowest BCUT2D eigenvalue weighted by Gasteiger charge is -2.25. The average Bonchev–Trinajstić information content (AvgIpc) is 3.01. The van der Waals surface area contributed by atoms with Gasteiger partial charge in [-0.05, 0) is 34.1 Å². The van der Waals surface area contributed by atoms with Crippen molar-refractivity contribution < 1.29 is 27.9 Å². The van der Waals surface area contributed by atoms with Crippen molar-refractivity contribution in [1.29, 1.82) is 0 Å². The van der Waals surface area contributed by atoms with Crippen LogP contribution in [0, 0.1) is 5.41 Å². The Morgan fingerprint density at radius 2 is 1.88 bits per heavy atom. The van der Waals surface area contributed by atoms with E-state index in [2.05, 4.69) is 5.10 Å². The molecule has 1 N–H and O–H groups in total. The molecule has 6 nitrogen and oxygen atoms in total. The number of carboxylic acid groups (broad SMARTS) is 1. The summed E-state index contributed by atoms with van der Waals surface area (Å²) in [6.45, 7) is 6.12. The van der Waals surface area contributed by atoms with Crippen molar-refractivity contribution in [2.75, 3.05) is 13.1 Å². The molecule has 2 heterocycles. The summed E-state index contributed by atoms with van der Waals surface area (Å²) in [6.07, 6.45) is -3.64. The Bertz CT molecular complexity index is 676. The summed E-state index contributed by atoms with van der Waals surface area (Å²) in [5, 5.41) is 13.0. The zero-order valence-electron chi connectivity index (χ0n) is 13.9. The smallest absolute Gasteiger partial charge is 0.433 e. The number of aromatic nitrogens is 2. The molecule has 9 heteroatoms. The third-order valence-corrected chi connectivity index (χ3v) is 4.18. The number of halogens is 3. The van der Waals surface area contributed by atoms with Gasteiger partial charge in [-0.15, -0.1) is 0 Å². The topological polar surface area (TPSA) is 75.4 Å². The van der Waals surface area contributed by atoms with E-state index in [0.717, 1.165) is 15.8 Å². The number of carboxylic acids is 1. The van der Waals surface area contributed by atoms with Crippen LogP contribution in [0.25, 0.3) is 0 Å². The van der Waals surface area contributed by atoms with Crippen LogP contribution in [0.5, 0.6) is 0 Å². The quantitative estimate of drug-likeness (QED) is 0.892. The molecule has 1 aromatic rings. The van der Waals surface area contributed by atoms with Gasteiger partial charge in [-0.25, -0.2) is 0 Å². The standard InChI is InChI=1S/C15H20F3N3O3/c1-13(2,3)21-10(15(16,17)18)9(7-19-21)11(22)20-6-5-14(4,8-20)12(23)24/h7H,5-6,8H2,1-4H3,(H,23,24). The number of carbonyl (C=O) groups is 2. The summed E-state index contributed by atoms with van der Waals surface area (Å²) in [4.78, 5) is 24.9. The second-order valence-electron chi connectivity index (χ2n) is 7.33. The molecule has 0 aliphatic carbocycles. The van der Waals surface area contributed by atoms with Crippen LogP contribution in [0.1, 0.15) is 50.2 Å². The van der Waals surface area contributed by atoms with Crippen molar-refractivity contribution in [3.8, 4) is 0 Å². The van der Waals surface area contributed by atoms with Gasteiger partial charge in [0.05, 0.1) is 22.7 Å². The maximum Gasteiger partial charge on any atom is 0.433 e. The predicted molar refractivity (Wildman–Crippen MR) is 78.5 cm³/mol. The fraction of sp³-hybridized carbons (Fsp3) is 0.667. The highest BCUT2D eigenvalue weighted by Crippen LogP contribution is 2.37. The van der Waals surface area contributed by atoms with Crippen LogP contribution in [0.2, 0.25) is 0 Å². The Balaban J connectivity index is 2.42. The summed E-state index contributed by atoms with van der Waals surface area (Å²) in [6, 6.07) is 0. The molecule has 0 aromatic carbocycles. The van der Waals surface area contributed by atoms with E-state index in [-0.39, 0.29) is 19.5 Å². The Kier molecular flexibility index (Phi) is 4.18. The minimum atomic E-state index is -4.75. The molecule has 0 saturated carbocycles. The monoisotopic (exact) mass is 347 g/mol. The van der Waals surface area contributed by atoms with Gasteiger partial charge in [0.2, 0.25) is 0 Å². The minimum Gasteiger partial charge on any atom is -0.481 e. The molecule has 0 bridgehead atoms. The Morgan fingerprint density at radius 1 is 1.29 bits per heavy atom. The van der Waals surface area contributed by atoms with Crippen molar-refractivity contribution >= 4 is 11.9 Å². The number of amides is 1. The van der Waals surface area contributed by atoms with Crippen LogP contribution in [0.4, 0.5) is 13.2 Å². The van der Waals surface area contributed by atoms with E-state index >= 15 is 0 Å². The zero-order chi connectivity index (χ0) is 18.5. The molecule has 1 aliphatic heterocycles. The summed E-state index contributed by atoms with van der Waals surface area (Å²) >= 11 is 0. The summed E-state index contributed by atoms with van der Waals surface area (Å²) in [5.41, 5.74) is -3.76. The van der Waals surface area contributed by atoms with Gasteiger partial charge in [-0.1, -0.05) is 0 Å². The van der Waals surface area contributed by atoms with Gasteiger partial charge in [-0.3, -0.25) is 14.3 Å². The summed E-state index contributed by atoms with van der Waals surface area (Å²) in [5.74, 6) is -1.91. The molecular formula is C15H20F3N3O3. The van der Waals surface area contributed by atoms with Crippen molar-refractivity contribution in [2.45, 2.75) is 45.8 Å². The molecule has 1 aromatic heterocycles. The fourth-order valence-electron chi connectivity index (χ4n) is 2.77. The van der Waals surface area contributed by atoms with Crippen LogP contribution in [0.15, 0.2) is 6.20 Å². The van der Waals surface area contributed by atoms with E-state index in [9.17, 15) is 27.9 Å². The first-order valence-corrected chi connectivity index (χ1v) is 7.46. The third-order valence-electron chi connectivity index (χ3n) is 4.18. The average molecular weight is 347 g/mol. The molecule has 0 spiro atoms. The number of hydrogen-bond donors (Lipinski definition) is 1. The molecule has 1 amide bonds. The molecule has 1 saturated heterocycles. The molecule has 1 atom stereocenters. The van der Waals surface area contributed by atoms with Gasteiger partial charge < -0.3 is 10.0 Å². The molecule has 1 fully saturated rings. The molecule has 24 heavy (non-hydrogen) atoms. The molecule has 1 aliphatic rings. The van der Waals surface area contributed by atoms with E-state index in [0.29, 0.717) is 0 Å². The normalized spacial score (nSPS) is 22.0. The van der Waals surface area contributed by atoms with Gasteiger partial charge in [0, 0.05) is 13.1 Å². The SMILES string of the molecule is CC1(C(=O)O)CCN(C(=O)c2cnn(C(C)(C)C)c2C(F)(F)F)C1. The number of rotatable bonds is 2. The van der Waals surface area contributed by atoms with Crippen LogP contribution >= 0.6 is 0 Å². The van der Waals surface area contributed by atoms with Crippen LogP contribution in [0.3, 0.4) is 0 Å². The summed E-state index contributed by atoms with van der Waals surface area (Å²) in [7, 11) is 0. The largest absolute Gasteiger partial charge is 0.481 e. The van der Waals surface area contributed by atoms with E-state index in [1.165, 1.54) is 6.92 Å². The van der Waals surface area contributed by atoms with Crippen molar-refractivity contribution in [2.24, 2.45) is 5.41 Å². The minimum absolute atomic E-state index is 0.0969. The van der Waals surface area contributed by atoms with E-state index < -0.39 is 40.3 Å². The van der Waals surface area contributed by atoms with Gasteiger partial charge in [0.15, 0.2) is 5.69 Å². The lowest BCUT2D eigenvalue weighted by Crippen LogP contribution is -2.36. The fourth-order valence-corrected chi connectivity index (χ4v) is 2.77. The first-order valence-electron chi connectivity index (χ1n) is 7.46. The highest BCUT2D eigenvalue weighted by atomic mass is 19.4. The highest BCUT2D eigenvalue weighted by Gasteiger charge is 2.46. The van der Waals surface area contributed by atoms with Crippen molar-refractivity contribution in [3.05, 3.63) is 17.5 Å². The molecular weight excluding hydrogens is 327 g/mol. The lowest BCUT2D eigenvalue weighted by molar-refractivity contribution is -0.147. The van der Waals surface area contributed by atoms with Crippen LogP contribution in [-0.2, 0) is 16.5 Å². The van der Waals surface area contributed by atoms with E-state index in [1.54, 1.807) is 20.8 Å². The number of nitrogens with zero attached hydrogens (tertiary/aromatic N) is 3. The second-order valence-corrected chi connectivity index (χ2v) is 7.33. The first kappa shape index (κ1) is 18.3. The van der Waals surface area contributed by atoms with E-state index in [1.807, 2.05) is 0 Å². The predicted octanol–water partition coefficient (Wildman–Crippen LogP) is 2.59. The second kappa shape index (κ2) is 5.49. The third kappa shape index (κ3) is 3.11. The van der Waals surface area contributed by atoms with Crippen LogP contribution in [-0.4, -0.2) is 44.8 Å². The maximum atomic E-state index is 13.5. The lowest BCUT2D eigenvalue weighted by atomic mass is 9.90. The van der Waals surface area contributed by atoms with Gasteiger partial charge in [-0.2, -0.15) is 18.3 Å². The van der Waals surface area contributed by atoms with Gasteiger partial charge in [0.1, 0.15) is 0 Å². The van der Waals surface area contributed by atoms with Gasteiger partial charge in [0.25, 0.3) is 5.91 Å². The first-order chi connectivity index (χ1) is 10.8. The van der Waals surface area contributed by atoms with E-state index in [4.69, 9.17) is 0 Å². The molecule has 2 rings (SSSR count). The Morgan fingerprint density at radius 3 is 2.29 bits per heavy atom. The Labute approximate surface area is 137 Å². The summed E-state index contributed by atoms with van der Waals surface area (Å²) < 4.78 is 41.2. The maximum absolute atomic E-state index is 13.5. The number of alkyl halides is 3. The number of aliphatic carboxylic acids is 1. The number of likely N-dealkylation sites (tertiary alicyclic amines) is 1. The molecule has 1 unspecified atom stereocenters. The van der Waals surface area contributed by atoms with Crippen molar-refractivity contribution in [1.82, 2.24) is 14.7 Å².